The fourth-order valence-corrected chi connectivity index (χ4v) is 1.60. The summed E-state index contributed by atoms with van der Waals surface area (Å²) in [5, 5.41) is 11.9. The summed E-state index contributed by atoms with van der Waals surface area (Å²) in [4.78, 5) is 4.06. The molecule has 0 aliphatic heterocycles. The maximum Gasteiger partial charge on any atom is 0.236 e. The molecule has 0 fully saturated rings. The van der Waals surface area contributed by atoms with Crippen molar-refractivity contribution in [3.8, 4) is 17.6 Å². The molecule has 0 amide bonds. The van der Waals surface area contributed by atoms with Crippen LogP contribution in [0.4, 0.5) is 5.88 Å². The molecular formula is C15H15N3O3. The molecule has 0 saturated heterocycles. The molecular weight excluding hydrogens is 270 g/mol. The highest BCUT2D eigenvalue weighted by Crippen LogP contribution is 2.20. The lowest BCUT2D eigenvalue weighted by Gasteiger charge is -2.04. The normalized spacial score (nSPS) is 9.71. The van der Waals surface area contributed by atoms with Gasteiger partial charge >= 0.3 is 0 Å². The Morgan fingerprint density at radius 1 is 1.38 bits per heavy atom. The SMILES string of the molecule is C=CCNc1oc(COc2ccc(OC)cc2)nc1C#N. The van der Waals surface area contributed by atoms with Gasteiger partial charge in [-0.2, -0.15) is 10.2 Å². The third kappa shape index (κ3) is 3.76. The van der Waals surface area contributed by atoms with E-state index < -0.39 is 0 Å². The molecule has 0 aliphatic rings. The minimum absolute atomic E-state index is 0.136. The minimum Gasteiger partial charge on any atom is -0.497 e. The second-order valence-corrected chi connectivity index (χ2v) is 4.03. The summed E-state index contributed by atoms with van der Waals surface area (Å²) in [6.45, 7) is 4.21. The zero-order chi connectivity index (χ0) is 15.1. The van der Waals surface area contributed by atoms with E-state index in [0.29, 0.717) is 24.1 Å². The van der Waals surface area contributed by atoms with E-state index in [1.54, 1.807) is 37.5 Å². The Labute approximate surface area is 122 Å². The van der Waals surface area contributed by atoms with Crippen molar-refractivity contribution < 1.29 is 13.9 Å². The molecule has 6 heteroatoms. The van der Waals surface area contributed by atoms with Crippen molar-refractivity contribution in [2.24, 2.45) is 0 Å². The average molecular weight is 285 g/mol. The van der Waals surface area contributed by atoms with Gasteiger partial charge in [0.25, 0.3) is 0 Å². The number of nitrogens with one attached hydrogen (secondary N) is 1. The van der Waals surface area contributed by atoms with Crippen molar-refractivity contribution in [1.82, 2.24) is 4.98 Å². The third-order valence-corrected chi connectivity index (χ3v) is 2.61. The number of methoxy groups -OCH3 is 1. The van der Waals surface area contributed by atoms with E-state index >= 15 is 0 Å². The molecule has 0 unspecified atom stereocenters. The van der Waals surface area contributed by atoms with Crippen molar-refractivity contribution >= 4 is 5.88 Å². The molecule has 0 saturated carbocycles. The van der Waals surface area contributed by atoms with Crippen molar-refractivity contribution in [3.63, 3.8) is 0 Å². The number of benzene rings is 1. The van der Waals surface area contributed by atoms with Crippen LogP contribution in [-0.2, 0) is 6.61 Å². The lowest BCUT2D eigenvalue weighted by molar-refractivity contribution is 0.264. The maximum absolute atomic E-state index is 8.98. The van der Waals surface area contributed by atoms with Gasteiger partial charge in [0.1, 0.15) is 17.6 Å². The monoisotopic (exact) mass is 285 g/mol. The predicted octanol–water partition coefficient (Wildman–Crippen LogP) is 2.73. The number of nitrogens with zero attached hydrogens (tertiary/aromatic N) is 2. The summed E-state index contributed by atoms with van der Waals surface area (Å²) < 4.78 is 16.0. The van der Waals surface area contributed by atoms with Gasteiger partial charge in [0.05, 0.1) is 7.11 Å². The fourth-order valence-electron chi connectivity index (χ4n) is 1.60. The second kappa shape index (κ2) is 7.01. The largest absolute Gasteiger partial charge is 0.497 e. The Bertz CT molecular complexity index is 641. The van der Waals surface area contributed by atoms with E-state index in [9.17, 15) is 0 Å². The third-order valence-electron chi connectivity index (χ3n) is 2.61. The predicted molar refractivity (Wildman–Crippen MR) is 77.2 cm³/mol. The van der Waals surface area contributed by atoms with Crippen LogP contribution in [0.15, 0.2) is 41.3 Å². The van der Waals surface area contributed by atoms with Crippen LogP contribution in [0.1, 0.15) is 11.6 Å². The molecule has 108 valence electrons. The van der Waals surface area contributed by atoms with Crippen LogP contribution in [0.3, 0.4) is 0 Å². The first-order valence-corrected chi connectivity index (χ1v) is 6.28. The van der Waals surface area contributed by atoms with Gasteiger partial charge in [-0.3, -0.25) is 0 Å². The molecule has 0 spiro atoms. The second-order valence-electron chi connectivity index (χ2n) is 4.03. The number of oxazole rings is 1. The van der Waals surface area contributed by atoms with Gasteiger partial charge in [-0.15, -0.1) is 6.58 Å². The molecule has 2 aromatic rings. The van der Waals surface area contributed by atoms with Crippen molar-refractivity contribution in [3.05, 3.63) is 48.5 Å². The number of anilines is 1. The summed E-state index contributed by atoms with van der Waals surface area (Å²) in [5.41, 5.74) is 0.199. The molecule has 1 heterocycles. The maximum atomic E-state index is 8.98. The molecule has 0 bridgehead atoms. The van der Waals surface area contributed by atoms with Gasteiger partial charge in [-0.25, -0.2) is 0 Å². The van der Waals surface area contributed by atoms with Crippen LogP contribution in [0, 0.1) is 11.3 Å². The van der Waals surface area contributed by atoms with Crippen molar-refractivity contribution in [2.45, 2.75) is 6.61 Å². The molecule has 6 nitrogen and oxygen atoms in total. The van der Waals surface area contributed by atoms with Gasteiger partial charge in [-0.05, 0) is 24.3 Å². The minimum atomic E-state index is 0.136. The Balaban J connectivity index is 2.00. The Morgan fingerprint density at radius 3 is 2.71 bits per heavy atom. The quantitative estimate of drug-likeness (QED) is 0.788. The first-order valence-electron chi connectivity index (χ1n) is 6.28. The number of hydrogen-bond donors (Lipinski definition) is 1. The van der Waals surface area contributed by atoms with Gasteiger partial charge in [-0.1, -0.05) is 6.08 Å². The number of nitriles is 1. The summed E-state index contributed by atoms with van der Waals surface area (Å²) in [7, 11) is 1.60. The van der Waals surface area contributed by atoms with Crippen LogP contribution < -0.4 is 14.8 Å². The van der Waals surface area contributed by atoms with Crippen molar-refractivity contribution in [2.75, 3.05) is 19.0 Å². The first kappa shape index (κ1) is 14.5. The molecule has 0 radical (unpaired) electrons. The Kier molecular flexibility index (Phi) is 4.83. The highest BCUT2D eigenvalue weighted by molar-refractivity contribution is 5.45. The van der Waals surface area contributed by atoms with E-state index in [4.69, 9.17) is 19.2 Å². The lowest BCUT2D eigenvalue weighted by Crippen LogP contribution is -1.97. The van der Waals surface area contributed by atoms with E-state index in [0.717, 1.165) is 5.75 Å². The Hall–Kier alpha value is -2.94. The summed E-state index contributed by atoms with van der Waals surface area (Å²) in [6, 6.07) is 9.12. The van der Waals surface area contributed by atoms with E-state index in [2.05, 4.69) is 16.9 Å². The smallest absolute Gasteiger partial charge is 0.236 e. The fraction of sp³-hybridized carbons (Fsp3) is 0.200. The van der Waals surface area contributed by atoms with Crippen LogP contribution in [0.2, 0.25) is 0 Å². The number of ether oxygens (including phenoxy) is 2. The number of aromatic nitrogens is 1. The van der Waals surface area contributed by atoms with Crippen LogP contribution in [0.25, 0.3) is 0 Å². The zero-order valence-corrected chi connectivity index (χ0v) is 11.6. The molecule has 1 N–H and O–H groups in total. The first-order chi connectivity index (χ1) is 10.3. The van der Waals surface area contributed by atoms with Gasteiger partial charge in [0, 0.05) is 6.54 Å². The standard InChI is InChI=1S/C15H15N3O3/c1-3-8-17-15-13(9-16)18-14(21-15)10-20-12-6-4-11(19-2)5-7-12/h3-7,17H,1,8,10H2,2H3. The van der Waals surface area contributed by atoms with E-state index in [-0.39, 0.29) is 12.3 Å². The van der Waals surface area contributed by atoms with Crippen LogP contribution in [0.5, 0.6) is 11.5 Å². The summed E-state index contributed by atoms with van der Waals surface area (Å²) in [6.07, 6.45) is 1.66. The molecule has 1 aromatic carbocycles. The molecule has 0 aliphatic carbocycles. The van der Waals surface area contributed by atoms with E-state index in [1.165, 1.54) is 0 Å². The van der Waals surface area contributed by atoms with Crippen LogP contribution >= 0.6 is 0 Å². The lowest BCUT2D eigenvalue weighted by atomic mass is 10.3. The molecule has 2 rings (SSSR count). The number of hydrogen-bond acceptors (Lipinski definition) is 6. The molecule has 21 heavy (non-hydrogen) atoms. The summed E-state index contributed by atoms with van der Waals surface area (Å²) in [5.74, 6) is 2.06. The average Bonchev–Trinajstić information content (AvgIpc) is 2.93. The van der Waals surface area contributed by atoms with Gasteiger partial charge in [0.15, 0.2) is 6.61 Å². The molecule has 1 aromatic heterocycles. The highest BCUT2D eigenvalue weighted by atomic mass is 16.5. The topological polar surface area (TPSA) is 80.3 Å². The van der Waals surface area contributed by atoms with Crippen molar-refractivity contribution in [1.29, 1.82) is 5.26 Å². The zero-order valence-electron chi connectivity index (χ0n) is 11.6. The summed E-state index contributed by atoms with van der Waals surface area (Å²) >= 11 is 0. The van der Waals surface area contributed by atoms with Gasteiger partial charge in [0.2, 0.25) is 17.5 Å². The molecule has 0 atom stereocenters. The Morgan fingerprint density at radius 2 is 2.10 bits per heavy atom. The van der Waals surface area contributed by atoms with E-state index in [1.807, 2.05) is 6.07 Å². The highest BCUT2D eigenvalue weighted by Gasteiger charge is 2.12. The van der Waals surface area contributed by atoms with Gasteiger partial charge < -0.3 is 19.2 Å². The van der Waals surface area contributed by atoms with Crippen LogP contribution in [-0.4, -0.2) is 18.6 Å². The number of rotatable bonds is 7.